The van der Waals surface area contributed by atoms with Gasteiger partial charge in [0.05, 0.1) is 6.54 Å². The number of methoxy groups -OCH3 is 1. The van der Waals surface area contributed by atoms with E-state index in [4.69, 9.17) is 4.74 Å². The Morgan fingerprint density at radius 1 is 1.64 bits per heavy atom. The first kappa shape index (κ1) is 10.6. The average molecular weight is 198 g/mol. The van der Waals surface area contributed by atoms with Gasteiger partial charge in [0, 0.05) is 14.2 Å². The lowest BCUT2D eigenvalue weighted by atomic mass is 10.5. The van der Waals surface area contributed by atoms with Gasteiger partial charge in [0.25, 0.3) is 0 Å². The minimum atomic E-state index is -0.0880. The number of H-pyrrole nitrogens is 1. The molecule has 6 nitrogen and oxygen atoms in total. The summed E-state index contributed by atoms with van der Waals surface area (Å²) in [6.07, 6.45) is 0. The molecule has 1 N–H and O–H groups in total. The van der Waals surface area contributed by atoms with Crippen molar-refractivity contribution >= 4 is 5.91 Å². The summed E-state index contributed by atoms with van der Waals surface area (Å²) in [5, 5.41) is 6.64. The summed E-state index contributed by atoms with van der Waals surface area (Å²) in [5.74, 6) is 1.26. The van der Waals surface area contributed by atoms with Gasteiger partial charge in [-0.2, -0.15) is 5.10 Å². The molecule has 6 heteroatoms. The number of hydrogen-bond acceptors (Lipinski definition) is 4. The Morgan fingerprint density at radius 2 is 2.36 bits per heavy atom. The van der Waals surface area contributed by atoms with Crippen molar-refractivity contribution in [2.75, 3.05) is 20.8 Å². The number of nitrogens with zero attached hydrogens (tertiary/aromatic N) is 3. The third-order valence-electron chi connectivity index (χ3n) is 1.72. The fourth-order valence-electron chi connectivity index (χ4n) is 0.994. The maximum Gasteiger partial charge on any atom is 0.248 e. The van der Waals surface area contributed by atoms with Crippen LogP contribution in [0.5, 0.6) is 0 Å². The molecule has 0 saturated carbocycles. The Morgan fingerprint density at radius 3 is 2.86 bits per heavy atom. The lowest BCUT2D eigenvalue weighted by Crippen LogP contribution is -2.29. The molecule has 0 aliphatic carbocycles. The SMILES string of the molecule is COCC(=O)N(C)Cc1n[nH]c(C)n1. The zero-order valence-corrected chi connectivity index (χ0v) is 8.57. The lowest BCUT2D eigenvalue weighted by molar-refractivity contribution is -0.134. The van der Waals surface area contributed by atoms with Crippen LogP contribution in [0, 0.1) is 6.92 Å². The van der Waals surface area contributed by atoms with E-state index in [1.807, 2.05) is 6.92 Å². The van der Waals surface area contributed by atoms with Crippen LogP contribution in [0.4, 0.5) is 0 Å². The minimum absolute atomic E-state index is 0.0832. The van der Waals surface area contributed by atoms with Crippen LogP contribution in [-0.4, -0.2) is 46.8 Å². The second-order valence-electron chi connectivity index (χ2n) is 3.02. The first-order valence-corrected chi connectivity index (χ1v) is 4.24. The fourth-order valence-corrected chi connectivity index (χ4v) is 0.994. The third kappa shape index (κ3) is 2.81. The molecular formula is C8H14N4O2. The number of ether oxygens (including phenoxy) is 1. The molecule has 0 aromatic carbocycles. The molecule has 0 aliphatic rings. The molecule has 0 atom stereocenters. The van der Waals surface area contributed by atoms with E-state index in [-0.39, 0.29) is 12.5 Å². The fraction of sp³-hybridized carbons (Fsp3) is 0.625. The van der Waals surface area contributed by atoms with Crippen molar-refractivity contribution in [3.8, 4) is 0 Å². The highest BCUT2D eigenvalue weighted by molar-refractivity contribution is 5.76. The Balaban J connectivity index is 2.48. The number of aryl methyl sites for hydroxylation is 1. The number of carbonyl (C=O) groups is 1. The highest BCUT2D eigenvalue weighted by Gasteiger charge is 2.10. The minimum Gasteiger partial charge on any atom is -0.375 e. The molecule has 0 radical (unpaired) electrons. The number of carbonyl (C=O) groups excluding carboxylic acids is 1. The third-order valence-corrected chi connectivity index (χ3v) is 1.72. The zero-order valence-electron chi connectivity index (χ0n) is 8.57. The number of aromatic amines is 1. The number of likely N-dealkylation sites (N-methyl/N-ethyl adjacent to an activating group) is 1. The predicted octanol–water partition coefficient (Wildman–Crippen LogP) is -0.282. The average Bonchev–Trinajstić information content (AvgIpc) is 2.51. The second kappa shape index (κ2) is 4.71. The summed E-state index contributed by atoms with van der Waals surface area (Å²) in [6, 6.07) is 0. The highest BCUT2D eigenvalue weighted by Crippen LogP contribution is 1.96. The van der Waals surface area contributed by atoms with E-state index in [2.05, 4.69) is 15.2 Å². The molecule has 1 amide bonds. The molecule has 0 aliphatic heterocycles. The summed E-state index contributed by atoms with van der Waals surface area (Å²) >= 11 is 0. The van der Waals surface area contributed by atoms with E-state index in [9.17, 15) is 4.79 Å². The summed E-state index contributed by atoms with van der Waals surface area (Å²) < 4.78 is 4.73. The summed E-state index contributed by atoms with van der Waals surface area (Å²) in [7, 11) is 3.18. The summed E-state index contributed by atoms with van der Waals surface area (Å²) in [6.45, 7) is 2.29. The Hall–Kier alpha value is -1.43. The van der Waals surface area contributed by atoms with Gasteiger partial charge >= 0.3 is 0 Å². The van der Waals surface area contributed by atoms with Gasteiger partial charge in [-0.1, -0.05) is 0 Å². The molecule has 0 unspecified atom stereocenters. The van der Waals surface area contributed by atoms with E-state index < -0.39 is 0 Å². The van der Waals surface area contributed by atoms with Crippen molar-refractivity contribution in [1.82, 2.24) is 20.1 Å². The molecule has 1 aromatic rings. The highest BCUT2D eigenvalue weighted by atomic mass is 16.5. The van der Waals surface area contributed by atoms with Gasteiger partial charge in [0.2, 0.25) is 5.91 Å². The van der Waals surface area contributed by atoms with E-state index in [0.29, 0.717) is 12.4 Å². The Labute approximate surface area is 82.3 Å². The van der Waals surface area contributed by atoms with Crippen molar-refractivity contribution in [2.24, 2.45) is 0 Å². The molecular weight excluding hydrogens is 184 g/mol. The summed E-state index contributed by atoms with van der Waals surface area (Å²) in [4.78, 5) is 16.9. The zero-order chi connectivity index (χ0) is 10.6. The molecule has 1 rings (SSSR count). The molecule has 1 heterocycles. The van der Waals surface area contributed by atoms with Crippen LogP contribution in [0.3, 0.4) is 0 Å². The van der Waals surface area contributed by atoms with Crippen molar-refractivity contribution < 1.29 is 9.53 Å². The largest absolute Gasteiger partial charge is 0.375 e. The van der Waals surface area contributed by atoms with E-state index in [0.717, 1.165) is 5.82 Å². The molecule has 14 heavy (non-hydrogen) atoms. The van der Waals surface area contributed by atoms with E-state index in [1.165, 1.54) is 12.0 Å². The van der Waals surface area contributed by atoms with Gasteiger partial charge in [-0.3, -0.25) is 9.89 Å². The standard InChI is InChI=1S/C8H14N4O2/c1-6-9-7(11-10-6)4-12(2)8(13)5-14-3/h4-5H2,1-3H3,(H,9,10,11). The van der Waals surface area contributed by atoms with Crippen LogP contribution in [0.25, 0.3) is 0 Å². The smallest absolute Gasteiger partial charge is 0.248 e. The van der Waals surface area contributed by atoms with Crippen LogP contribution in [0.2, 0.25) is 0 Å². The Kier molecular flexibility index (Phi) is 3.58. The monoisotopic (exact) mass is 198 g/mol. The van der Waals surface area contributed by atoms with Gasteiger partial charge < -0.3 is 9.64 Å². The van der Waals surface area contributed by atoms with Crippen LogP contribution >= 0.6 is 0 Å². The number of rotatable bonds is 4. The molecule has 0 fully saturated rings. The number of aromatic nitrogens is 3. The van der Waals surface area contributed by atoms with Gasteiger partial charge in [0.15, 0.2) is 5.82 Å². The van der Waals surface area contributed by atoms with Crippen LogP contribution in [-0.2, 0) is 16.1 Å². The van der Waals surface area contributed by atoms with Gasteiger partial charge in [-0.05, 0) is 6.92 Å². The number of amides is 1. The molecule has 1 aromatic heterocycles. The second-order valence-corrected chi connectivity index (χ2v) is 3.02. The predicted molar refractivity (Wildman–Crippen MR) is 49.5 cm³/mol. The Bertz CT molecular complexity index is 310. The van der Waals surface area contributed by atoms with Crippen LogP contribution in [0.1, 0.15) is 11.6 Å². The number of hydrogen-bond donors (Lipinski definition) is 1. The lowest BCUT2D eigenvalue weighted by Gasteiger charge is -2.13. The quantitative estimate of drug-likeness (QED) is 0.722. The number of nitrogens with one attached hydrogen (secondary N) is 1. The van der Waals surface area contributed by atoms with Gasteiger partial charge in [-0.15, -0.1) is 0 Å². The van der Waals surface area contributed by atoms with Crippen LogP contribution in [0.15, 0.2) is 0 Å². The first-order chi connectivity index (χ1) is 6.63. The normalized spacial score (nSPS) is 10.2. The molecule has 0 bridgehead atoms. The molecule has 0 spiro atoms. The van der Waals surface area contributed by atoms with Gasteiger partial charge in [0.1, 0.15) is 12.4 Å². The molecule has 0 saturated heterocycles. The van der Waals surface area contributed by atoms with E-state index >= 15 is 0 Å². The first-order valence-electron chi connectivity index (χ1n) is 4.24. The van der Waals surface area contributed by atoms with Crippen LogP contribution < -0.4 is 0 Å². The topological polar surface area (TPSA) is 71.1 Å². The van der Waals surface area contributed by atoms with Crippen molar-refractivity contribution in [3.63, 3.8) is 0 Å². The summed E-state index contributed by atoms with van der Waals surface area (Å²) in [5.41, 5.74) is 0. The maximum atomic E-state index is 11.3. The van der Waals surface area contributed by atoms with Crippen molar-refractivity contribution in [1.29, 1.82) is 0 Å². The maximum absolute atomic E-state index is 11.3. The molecule has 78 valence electrons. The van der Waals surface area contributed by atoms with Gasteiger partial charge in [-0.25, -0.2) is 4.98 Å². The van der Waals surface area contributed by atoms with Crippen molar-refractivity contribution in [2.45, 2.75) is 13.5 Å². The van der Waals surface area contributed by atoms with E-state index in [1.54, 1.807) is 7.05 Å². The van der Waals surface area contributed by atoms with Crippen molar-refractivity contribution in [3.05, 3.63) is 11.6 Å².